The third kappa shape index (κ3) is 4.82. The summed E-state index contributed by atoms with van der Waals surface area (Å²) < 4.78 is 0. The Kier molecular flexibility index (Phi) is 6.58. The molecule has 2 heterocycles. The van der Waals surface area contributed by atoms with Gasteiger partial charge in [-0.05, 0) is 87.4 Å². The maximum atomic E-state index is 3.88. The third-order valence-corrected chi connectivity index (χ3v) is 7.51. The number of benzene rings is 2. The number of rotatable bonds is 6. The first-order valence-corrected chi connectivity index (χ1v) is 12.4. The molecule has 4 atom stereocenters. The molecule has 4 nitrogen and oxygen atoms in total. The summed E-state index contributed by atoms with van der Waals surface area (Å²) in [6.07, 6.45) is 9.74. The molecule has 0 aromatic heterocycles. The Morgan fingerprint density at radius 1 is 1.00 bits per heavy atom. The van der Waals surface area contributed by atoms with Crippen molar-refractivity contribution >= 4 is 5.69 Å². The molecule has 4 heteroatoms. The maximum absolute atomic E-state index is 3.88. The fourth-order valence-electron chi connectivity index (χ4n) is 5.95. The van der Waals surface area contributed by atoms with Crippen molar-refractivity contribution in [2.75, 3.05) is 25.0 Å². The Hall–Kier alpha value is -1.88. The minimum atomic E-state index is 0.356. The Labute approximate surface area is 187 Å². The van der Waals surface area contributed by atoms with Crippen LogP contribution >= 0.6 is 0 Å². The second-order valence-electron chi connectivity index (χ2n) is 9.71. The fourth-order valence-corrected chi connectivity index (χ4v) is 5.95. The second-order valence-corrected chi connectivity index (χ2v) is 9.71. The first-order chi connectivity index (χ1) is 15.3. The number of nitrogens with zero attached hydrogens (tertiary/aromatic N) is 1. The van der Waals surface area contributed by atoms with Crippen LogP contribution in [0.3, 0.4) is 0 Å². The van der Waals surface area contributed by atoms with Crippen LogP contribution in [-0.4, -0.2) is 36.9 Å². The average Bonchev–Trinajstić information content (AvgIpc) is 2.82. The van der Waals surface area contributed by atoms with Crippen LogP contribution in [0.2, 0.25) is 0 Å². The van der Waals surface area contributed by atoms with E-state index < -0.39 is 0 Å². The lowest BCUT2D eigenvalue weighted by atomic mass is 9.76. The van der Waals surface area contributed by atoms with Gasteiger partial charge in [0.2, 0.25) is 0 Å². The Bertz CT molecular complexity index is 846. The SMILES string of the molecule is CC1NC2c3ccc(NCCCc4ccccc4)cc3CCC2C(N2CCCCC2)N1. The highest BCUT2D eigenvalue weighted by atomic mass is 15.3. The first-order valence-electron chi connectivity index (χ1n) is 12.4. The van der Waals surface area contributed by atoms with Crippen molar-refractivity contribution in [3.8, 4) is 0 Å². The summed E-state index contributed by atoms with van der Waals surface area (Å²) in [5, 5.41) is 11.4. The number of fused-ring (bicyclic) bond motifs is 3. The normalized spacial score (nSPS) is 28.5. The first kappa shape index (κ1) is 21.0. The van der Waals surface area contributed by atoms with Crippen molar-refractivity contribution in [3.05, 3.63) is 65.2 Å². The van der Waals surface area contributed by atoms with Gasteiger partial charge in [-0.1, -0.05) is 42.8 Å². The fraction of sp³-hybridized carbons (Fsp3) is 0.556. The highest BCUT2D eigenvalue weighted by Crippen LogP contribution is 2.40. The average molecular weight is 419 g/mol. The highest BCUT2D eigenvalue weighted by molar-refractivity contribution is 5.50. The summed E-state index contributed by atoms with van der Waals surface area (Å²) in [4.78, 5) is 2.73. The van der Waals surface area contributed by atoms with Gasteiger partial charge in [-0.3, -0.25) is 15.5 Å². The quantitative estimate of drug-likeness (QED) is 0.596. The second kappa shape index (κ2) is 9.72. The zero-order valence-electron chi connectivity index (χ0n) is 18.9. The molecule has 3 N–H and O–H groups in total. The number of aryl methyl sites for hydroxylation is 2. The Morgan fingerprint density at radius 2 is 1.84 bits per heavy atom. The van der Waals surface area contributed by atoms with Gasteiger partial charge in [-0.15, -0.1) is 0 Å². The zero-order valence-corrected chi connectivity index (χ0v) is 18.9. The van der Waals surface area contributed by atoms with E-state index in [0.29, 0.717) is 24.3 Å². The van der Waals surface area contributed by atoms with Crippen LogP contribution in [0.25, 0.3) is 0 Å². The molecule has 1 aliphatic carbocycles. The van der Waals surface area contributed by atoms with E-state index in [9.17, 15) is 0 Å². The summed E-state index contributed by atoms with van der Waals surface area (Å²) >= 11 is 0. The summed E-state index contributed by atoms with van der Waals surface area (Å²) in [5.41, 5.74) is 5.77. The molecule has 2 aliphatic heterocycles. The standard InChI is InChI=1S/C27H38N4/c1-20-29-26-24-15-13-23(28-16-8-11-21-9-4-2-5-10-21)19-22(24)12-14-25(26)27(30-20)31-17-6-3-7-18-31/h2,4-5,9-10,13,15,19-20,25-30H,3,6-8,11-12,14,16-18H2,1H3. The molecule has 0 radical (unpaired) electrons. The van der Waals surface area contributed by atoms with Crippen molar-refractivity contribution in [1.29, 1.82) is 0 Å². The molecule has 0 spiro atoms. The minimum Gasteiger partial charge on any atom is -0.385 e. The van der Waals surface area contributed by atoms with Crippen LogP contribution in [0, 0.1) is 5.92 Å². The van der Waals surface area contributed by atoms with Crippen molar-refractivity contribution in [3.63, 3.8) is 0 Å². The van der Waals surface area contributed by atoms with Crippen molar-refractivity contribution in [2.24, 2.45) is 5.92 Å². The lowest BCUT2D eigenvalue weighted by Gasteiger charge is -2.50. The van der Waals surface area contributed by atoms with Gasteiger partial charge < -0.3 is 5.32 Å². The Balaban J connectivity index is 1.23. The van der Waals surface area contributed by atoms with Crippen LogP contribution in [0.15, 0.2) is 48.5 Å². The number of likely N-dealkylation sites (tertiary alicyclic amines) is 1. The molecule has 5 rings (SSSR count). The molecular formula is C27H38N4. The van der Waals surface area contributed by atoms with Gasteiger partial charge in [0.1, 0.15) is 0 Å². The van der Waals surface area contributed by atoms with E-state index in [1.807, 2.05) is 0 Å². The molecule has 0 bridgehead atoms. The maximum Gasteiger partial charge on any atom is 0.0656 e. The van der Waals surface area contributed by atoms with E-state index >= 15 is 0 Å². The van der Waals surface area contributed by atoms with Crippen LogP contribution in [0.5, 0.6) is 0 Å². The van der Waals surface area contributed by atoms with E-state index in [4.69, 9.17) is 0 Å². The van der Waals surface area contributed by atoms with Gasteiger partial charge in [0.05, 0.1) is 12.3 Å². The van der Waals surface area contributed by atoms with Gasteiger partial charge in [0, 0.05) is 24.2 Å². The van der Waals surface area contributed by atoms with Gasteiger partial charge >= 0.3 is 0 Å². The molecule has 2 saturated heterocycles. The van der Waals surface area contributed by atoms with Gasteiger partial charge in [0.25, 0.3) is 0 Å². The number of hydrogen-bond acceptors (Lipinski definition) is 4. The molecule has 166 valence electrons. The van der Waals surface area contributed by atoms with Gasteiger partial charge in [0.15, 0.2) is 0 Å². The third-order valence-electron chi connectivity index (χ3n) is 7.51. The number of hydrogen-bond donors (Lipinski definition) is 3. The minimum absolute atomic E-state index is 0.356. The molecular weight excluding hydrogens is 380 g/mol. The summed E-state index contributed by atoms with van der Waals surface area (Å²) in [6.45, 7) is 5.82. The van der Waals surface area contributed by atoms with E-state index in [-0.39, 0.29) is 0 Å². The summed E-state index contributed by atoms with van der Waals surface area (Å²) in [5.74, 6) is 0.659. The number of anilines is 1. The largest absolute Gasteiger partial charge is 0.385 e. The molecule has 31 heavy (non-hydrogen) atoms. The molecule has 2 aromatic rings. The summed E-state index contributed by atoms with van der Waals surface area (Å²) in [6, 6.07) is 18.4. The highest BCUT2D eigenvalue weighted by Gasteiger charge is 2.42. The molecule has 2 aromatic carbocycles. The molecule has 0 amide bonds. The lowest BCUT2D eigenvalue weighted by Crippen LogP contribution is -2.65. The molecule has 3 aliphatic rings. The van der Waals surface area contributed by atoms with E-state index in [2.05, 4.69) is 76.3 Å². The van der Waals surface area contributed by atoms with Crippen LogP contribution in [0.4, 0.5) is 5.69 Å². The van der Waals surface area contributed by atoms with E-state index in [1.54, 1.807) is 0 Å². The van der Waals surface area contributed by atoms with E-state index in [1.165, 1.54) is 67.6 Å². The molecule has 0 saturated carbocycles. The van der Waals surface area contributed by atoms with Crippen LogP contribution < -0.4 is 16.0 Å². The zero-order chi connectivity index (χ0) is 21.0. The topological polar surface area (TPSA) is 39.3 Å². The smallest absolute Gasteiger partial charge is 0.0656 e. The van der Waals surface area contributed by atoms with Gasteiger partial charge in [-0.2, -0.15) is 0 Å². The van der Waals surface area contributed by atoms with Crippen molar-refractivity contribution in [1.82, 2.24) is 15.5 Å². The predicted molar refractivity (Wildman–Crippen MR) is 129 cm³/mol. The number of piperidine rings is 1. The number of nitrogens with one attached hydrogen (secondary N) is 3. The van der Waals surface area contributed by atoms with Crippen LogP contribution in [0.1, 0.15) is 61.8 Å². The summed E-state index contributed by atoms with van der Waals surface area (Å²) in [7, 11) is 0. The van der Waals surface area contributed by atoms with Crippen LogP contribution in [-0.2, 0) is 12.8 Å². The lowest BCUT2D eigenvalue weighted by molar-refractivity contribution is 0.0204. The monoisotopic (exact) mass is 418 g/mol. The van der Waals surface area contributed by atoms with Gasteiger partial charge in [-0.25, -0.2) is 0 Å². The van der Waals surface area contributed by atoms with E-state index in [0.717, 1.165) is 19.4 Å². The Morgan fingerprint density at radius 3 is 2.68 bits per heavy atom. The molecule has 2 fully saturated rings. The predicted octanol–water partition coefficient (Wildman–Crippen LogP) is 4.69. The van der Waals surface area contributed by atoms with Crippen molar-refractivity contribution in [2.45, 2.75) is 70.2 Å². The molecule has 4 unspecified atom stereocenters. The van der Waals surface area contributed by atoms with Crippen molar-refractivity contribution < 1.29 is 0 Å².